The summed E-state index contributed by atoms with van der Waals surface area (Å²) < 4.78 is 24.1. The van der Waals surface area contributed by atoms with Crippen molar-refractivity contribution in [3.63, 3.8) is 0 Å². The standard InChI is InChI=1S/C9H11N3O2S/c10-5-8-6-11-12(7-8)9-1-3-15(13,14)4-2-9/h6-7,9H,1-4H2. The molecular formula is C9H11N3O2S. The van der Waals surface area contributed by atoms with Crippen molar-refractivity contribution < 1.29 is 8.42 Å². The summed E-state index contributed by atoms with van der Waals surface area (Å²) in [5.41, 5.74) is 0.517. The molecule has 6 heteroatoms. The normalized spacial score (nSPS) is 21.0. The first kappa shape index (κ1) is 10.2. The monoisotopic (exact) mass is 225 g/mol. The van der Waals surface area contributed by atoms with Gasteiger partial charge in [0.1, 0.15) is 15.9 Å². The molecule has 0 radical (unpaired) electrons. The summed E-state index contributed by atoms with van der Waals surface area (Å²) in [6.45, 7) is 0. The van der Waals surface area contributed by atoms with Crippen LogP contribution in [0.4, 0.5) is 0 Å². The lowest BCUT2D eigenvalue weighted by atomic mass is 10.2. The minimum atomic E-state index is -2.83. The van der Waals surface area contributed by atoms with Gasteiger partial charge >= 0.3 is 0 Å². The lowest BCUT2D eigenvalue weighted by Gasteiger charge is -2.21. The van der Waals surface area contributed by atoms with Crippen LogP contribution < -0.4 is 0 Å². The van der Waals surface area contributed by atoms with E-state index in [0.717, 1.165) is 0 Å². The molecule has 2 heterocycles. The fraction of sp³-hybridized carbons (Fsp3) is 0.556. The van der Waals surface area contributed by atoms with Crippen molar-refractivity contribution in [3.05, 3.63) is 18.0 Å². The number of aromatic nitrogens is 2. The minimum Gasteiger partial charge on any atom is -0.268 e. The van der Waals surface area contributed by atoms with E-state index >= 15 is 0 Å². The third-order valence-corrected chi connectivity index (χ3v) is 4.34. The van der Waals surface area contributed by atoms with E-state index in [1.807, 2.05) is 6.07 Å². The van der Waals surface area contributed by atoms with Gasteiger partial charge in [-0.1, -0.05) is 0 Å². The topological polar surface area (TPSA) is 75.8 Å². The number of nitrogens with zero attached hydrogens (tertiary/aromatic N) is 3. The molecule has 5 nitrogen and oxygen atoms in total. The van der Waals surface area contributed by atoms with Gasteiger partial charge in [-0.25, -0.2) is 8.42 Å². The highest BCUT2D eigenvalue weighted by Crippen LogP contribution is 2.23. The maximum atomic E-state index is 11.2. The maximum Gasteiger partial charge on any atom is 0.150 e. The Morgan fingerprint density at radius 1 is 1.47 bits per heavy atom. The molecule has 0 saturated carbocycles. The largest absolute Gasteiger partial charge is 0.268 e. The number of hydrogen-bond acceptors (Lipinski definition) is 4. The second-order valence-electron chi connectivity index (χ2n) is 3.70. The van der Waals surface area contributed by atoms with Crippen molar-refractivity contribution in [1.29, 1.82) is 5.26 Å². The Morgan fingerprint density at radius 2 is 2.13 bits per heavy atom. The van der Waals surface area contributed by atoms with Crippen LogP contribution >= 0.6 is 0 Å². The predicted octanol–water partition coefficient (Wildman–Crippen LogP) is 0.504. The third-order valence-electron chi connectivity index (χ3n) is 2.63. The predicted molar refractivity (Wildman–Crippen MR) is 53.9 cm³/mol. The lowest BCUT2D eigenvalue weighted by Crippen LogP contribution is -2.25. The van der Waals surface area contributed by atoms with Crippen LogP contribution in [-0.4, -0.2) is 29.7 Å². The van der Waals surface area contributed by atoms with Crippen LogP contribution in [0.25, 0.3) is 0 Å². The number of hydrogen-bond donors (Lipinski definition) is 0. The SMILES string of the molecule is N#Cc1cnn(C2CCS(=O)(=O)CC2)c1. The number of nitriles is 1. The minimum absolute atomic E-state index is 0.121. The molecule has 0 atom stereocenters. The van der Waals surface area contributed by atoms with Gasteiger partial charge in [-0.2, -0.15) is 10.4 Å². The Bertz CT molecular complexity index is 484. The molecule has 0 unspecified atom stereocenters. The van der Waals surface area contributed by atoms with E-state index in [4.69, 9.17) is 5.26 Å². The summed E-state index contributed by atoms with van der Waals surface area (Å²) in [4.78, 5) is 0. The van der Waals surface area contributed by atoms with E-state index in [1.165, 1.54) is 6.20 Å². The highest BCUT2D eigenvalue weighted by atomic mass is 32.2. The van der Waals surface area contributed by atoms with Gasteiger partial charge in [0, 0.05) is 6.20 Å². The summed E-state index contributed by atoms with van der Waals surface area (Å²) >= 11 is 0. The van der Waals surface area contributed by atoms with Crippen molar-refractivity contribution in [2.75, 3.05) is 11.5 Å². The van der Waals surface area contributed by atoms with Crippen LogP contribution in [0.5, 0.6) is 0 Å². The molecule has 1 fully saturated rings. The van der Waals surface area contributed by atoms with Crippen LogP contribution in [0.2, 0.25) is 0 Å². The Balaban J connectivity index is 2.11. The zero-order chi connectivity index (χ0) is 10.9. The Morgan fingerprint density at radius 3 is 2.67 bits per heavy atom. The van der Waals surface area contributed by atoms with Crippen molar-refractivity contribution in [2.45, 2.75) is 18.9 Å². The van der Waals surface area contributed by atoms with Gasteiger partial charge in [-0.15, -0.1) is 0 Å². The van der Waals surface area contributed by atoms with Crippen LogP contribution in [0, 0.1) is 11.3 Å². The van der Waals surface area contributed by atoms with E-state index in [0.29, 0.717) is 18.4 Å². The second kappa shape index (κ2) is 3.66. The summed E-state index contributed by atoms with van der Waals surface area (Å²) in [6, 6.07) is 2.12. The zero-order valence-electron chi connectivity index (χ0n) is 8.13. The van der Waals surface area contributed by atoms with E-state index in [2.05, 4.69) is 5.10 Å². The molecule has 1 aliphatic rings. The fourth-order valence-corrected chi connectivity index (χ4v) is 3.20. The molecular weight excluding hydrogens is 214 g/mol. The second-order valence-corrected chi connectivity index (χ2v) is 6.01. The zero-order valence-corrected chi connectivity index (χ0v) is 8.94. The average molecular weight is 225 g/mol. The highest BCUT2D eigenvalue weighted by molar-refractivity contribution is 7.91. The van der Waals surface area contributed by atoms with Crippen LogP contribution in [0.15, 0.2) is 12.4 Å². The molecule has 1 aromatic heterocycles. The van der Waals surface area contributed by atoms with Crippen LogP contribution in [-0.2, 0) is 9.84 Å². The smallest absolute Gasteiger partial charge is 0.150 e. The summed E-state index contributed by atoms with van der Waals surface area (Å²) in [5.74, 6) is 0.443. The van der Waals surface area contributed by atoms with Gasteiger partial charge in [0.15, 0.2) is 0 Å². The third kappa shape index (κ3) is 2.18. The average Bonchev–Trinajstić information content (AvgIpc) is 2.66. The van der Waals surface area contributed by atoms with Gasteiger partial charge in [0.05, 0.1) is 29.3 Å². The molecule has 15 heavy (non-hydrogen) atoms. The molecule has 1 saturated heterocycles. The maximum absolute atomic E-state index is 11.2. The van der Waals surface area contributed by atoms with Gasteiger partial charge in [-0.05, 0) is 12.8 Å². The quantitative estimate of drug-likeness (QED) is 0.697. The number of sulfone groups is 1. The first-order valence-corrected chi connectivity index (χ1v) is 6.57. The molecule has 0 spiro atoms. The van der Waals surface area contributed by atoms with E-state index in [1.54, 1.807) is 10.9 Å². The lowest BCUT2D eigenvalue weighted by molar-refractivity contribution is 0.413. The molecule has 0 aromatic carbocycles. The fourth-order valence-electron chi connectivity index (χ4n) is 1.74. The Labute approximate surface area is 88.2 Å². The Hall–Kier alpha value is -1.35. The van der Waals surface area contributed by atoms with Crippen LogP contribution in [0.3, 0.4) is 0 Å². The molecule has 1 aromatic rings. The summed E-state index contributed by atoms with van der Waals surface area (Å²) in [6.07, 6.45) is 4.36. The van der Waals surface area contributed by atoms with Crippen molar-refractivity contribution >= 4 is 9.84 Å². The first-order valence-electron chi connectivity index (χ1n) is 4.75. The van der Waals surface area contributed by atoms with Crippen LogP contribution in [0.1, 0.15) is 24.4 Å². The van der Waals surface area contributed by atoms with E-state index in [9.17, 15) is 8.42 Å². The molecule has 2 rings (SSSR count). The molecule has 0 bridgehead atoms. The first-order chi connectivity index (χ1) is 7.11. The molecule has 1 aliphatic heterocycles. The highest BCUT2D eigenvalue weighted by Gasteiger charge is 2.25. The summed E-state index contributed by atoms with van der Waals surface area (Å²) in [5, 5.41) is 12.7. The van der Waals surface area contributed by atoms with Crippen molar-refractivity contribution in [2.24, 2.45) is 0 Å². The molecule has 0 N–H and O–H groups in total. The van der Waals surface area contributed by atoms with Gasteiger partial charge in [0.2, 0.25) is 0 Å². The summed E-state index contributed by atoms with van der Waals surface area (Å²) in [7, 11) is -2.83. The van der Waals surface area contributed by atoms with Crippen molar-refractivity contribution in [3.8, 4) is 6.07 Å². The molecule has 0 amide bonds. The van der Waals surface area contributed by atoms with E-state index < -0.39 is 9.84 Å². The molecule has 80 valence electrons. The molecule has 0 aliphatic carbocycles. The van der Waals surface area contributed by atoms with E-state index in [-0.39, 0.29) is 17.5 Å². The van der Waals surface area contributed by atoms with Gasteiger partial charge < -0.3 is 0 Å². The van der Waals surface area contributed by atoms with Crippen molar-refractivity contribution in [1.82, 2.24) is 9.78 Å². The van der Waals surface area contributed by atoms with Gasteiger partial charge in [0.25, 0.3) is 0 Å². The Kier molecular flexibility index (Phi) is 2.49. The van der Waals surface area contributed by atoms with Gasteiger partial charge in [-0.3, -0.25) is 4.68 Å². The number of rotatable bonds is 1.